The molecule has 0 saturated heterocycles. The Labute approximate surface area is 131 Å². The molecule has 1 aromatic heterocycles. The quantitative estimate of drug-likeness (QED) is 0.715. The number of rotatable bonds is 2. The summed E-state index contributed by atoms with van der Waals surface area (Å²) in [5.74, 6) is 0.344. The molecular formula is C17H15BrN2O. The Hall–Kier alpha value is -2.07. The lowest BCUT2D eigenvalue weighted by Crippen LogP contribution is -1.90. The number of nitrogens with zero attached hydrogens (tertiary/aromatic N) is 1. The fourth-order valence-corrected chi connectivity index (χ4v) is 2.85. The van der Waals surface area contributed by atoms with Crippen molar-refractivity contribution in [1.29, 1.82) is 0 Å². The first kappa shape index (κ1) is 13.9. The highest BCUT2D eigenvalue weighted by atomic mass is 79.9. The van der Waals surface area contributed by atoms with Crippen molar-refractivity contribution in [2.75, 3.05) is 5.73 Å². The van der Waals surface area contributed by atoms with E-state index in [0.717, 1.165) is 32.4 Å². The topological polar surface area (TPSA) is 52.0 Å². The number of halogens is 1. The van der Waals surface area contributed by atoms with Crippen LogP contribution in [0.5, 0.6) is 0 Å². The average molecular weight is 343 g/mol. The number of nitrogen functional groups attached to an aromatic ring is 1. The molecule has 0 bridgehead atoms. The lowest BCUT2D eigenvalue weighted by Gasteiger charge is -2.06. The monoisotopic (exact) mass is 342 g/mol. The summed E-state index contributed by atoms with van der Waals surface area (Å²) in [6.07, 6.45) is 0. The molecular weight excluding hydrogens is 328 g/mol. The van der Waals surface area contributed by atoms with E-state index < -0.39 is 0 Å². The Balaban J connectivity index is 2.19. The van der Waals surface area contributed by atoms with Gasteiger partial charge in [0.25, 0.3) is 0 Å². The molecule has 3 rings (SSSR count). The van der Waals surface area contributed by atoms with Gasteiger partial charge in [0.05, 0.1) is 5.56 Å². The van der Waals surface area contributed by atoms with E-state index >= 15 is 0 Å². The third-order valence-electron chi connectivity index (χ3n) is 3.50. The molecule has 4 heteroatoms. The minimum absolute atomic E-state index is 0.344. The lowest BCUT2D eigenvalue weighted by atomic mass is 9.97. The van der Waals surface area contributed by atoms with Crippen LogP contribution in [0.2, 0.25) is 0 Å². The van der Waals surface area contributed by atoms with Gasteiger partial charge in [0.15, 0.2) is 0 Å². The van der Waals surface area contributed by atoms with Gasteiger partial charge in [-0.05, 0) is 37.1 Å². The van der Waals surface area contributed by atoms with E-state index in [9.17, 15) is 0 Å². The third-order valence-corrected chi connectivity index (χ3v) is 4.00. The maximum Gasteiger partial charge on any atom is 0.230 e. The first-order valence-electron chi connectivity index (χ1n) is 6.65. The van der Waals surface area contributed by atoms with Crippen LogP contribution in [0.4, 0.5) is 5.88 Å². The van der Waals surface area contributed by atoms with E-state index in [1.54, 1.807) is 0 Å². The summed E-state index contributed by atoms with van der Waals surface area (Å²) in [6, 6.07) is 14.3. The van der Waals surface area contributed by atoms with Gasteiger partial charge in [0.1, 0.15) is 5.69 Å². The molecule has 21 heavy (non-hydrogen) atoms. The molecule has 0 spiro atoms. The highest BCUT2D eigenvalue weighted by Gasteiger charge is 2.18. The van der Waals surface area contributed by atoms with Gasteiger partial charge in [0, 0.05) is 10.0 Å². The summed E-state index contributed by atoms with van der Waals surface area (Å²) in [4.78, 5) is 0. The zero-order chi connectivity index (χ0) is 15.0. The molecule has 3 nitrogen and oxygen atoms in total. The van der Waals surface area contributed by atoms with Gasteiger partial charge < -0.3 is 10.3 Å². The van der Waals surface area contributed by atoms with Crippen molar-refractivity contribution < 1.29 is 4.52 Å². The highest BCUT2D eigenvalue weighted by Crippen LogP contribution is 2.38. The maximum absolute atomic E-state index is 5.99. The average Bonchev–Trinajstić information content (AvgIpc) is 2.82. The van der Waals surface area contributed by atoms with Crippen LogP contribution in [0.25, 0.3) is 22.4 Å². The minimum atomic E-state index is 0.344. The number of aryl methyl sites for hydroxylation is 2. The zero-order valence-corrected chi connectivity index (χ0v) is 13.4. The minimum Gasteiger partial charge on any atom is -0.367 e. The van der Waals surface area contributed by atoms with Crippen LogP contribution in [0, 0.1) is 13.8 Å². The molecule has 0 aliphatic rings. The largest absolute Gasteiger partial charge is 0.367 e. The molecule has 1 heterocycles. The standard InChI is InChI=1S/C17H15BrN2O/c1-10-3-5-12(6-4-10)15-16(20-21-17(15)19)14-8-7-13(18)9-11(14)2/h3-9H,19H2,1-2H3. The Bertz CT molecular complexity index is 791. The predicted molar refractivity (Wildman–Crippen MR) is 89.0 cm³/mol. The fraction of sp³-hybridized carbons (Fsp3) is 0.118. The van der Waals surface area contributed by atoms with Crippen molar-refractivity contribution >= 4 is 21.8 Å². The number of hydrogen-bond donors (Lipinski definition) is 1. The van der Waals surface area contributed by atoms with Crippen molar-refractivity contribution in [3.8, 4) is 22.4 Å². The number of anilines is 1. The van der Waals surface area contributed by atoms with E-state index in [2.05, 4.69) is 46.2 Å². The van der Waals surface area contributed by atoms with E-state index in [0.29, 0.717) is 5.88 Å². The maximum atomic E-state index is 5.99. The molecule has 3 aromatic rings. The van der Waals surface area contributed by atoms with Crippen molar-refractivity contribution in [3.63, 3.8) is 0 Å². The van der Waals surface area contributed by atoms with Gasteiger partial charge >= 0.3 is 0 Å². The summed E-state index contributed by atoms with van der Waals surface area (Å²) < 4.78 is 6.27. The molecule has 0 atom stereocenters. The Morgan fingerprint density at radius 1 is 1.05 bits per heavy atom. The molecule has 2 N–H and O–H groups in total. The van der Waals surface area contributed by atoms with Crippen molar-refractivity contribution in [1.82, 2.24) is 5.16 Å². The van der Waals surface area contributed by atoms with Crippen molar-refractivity contribution in [2.45, 2.75) is 13.8 Å². The summed E-state index contributed by atoms with van der Waals surface area (Å²) in [6.45, 7) is 4.10. The van der Waals surface area contributed by atoms with Gasteiger partial charge in [-0.15, -0.1) is 0 Å². The van der Waals surface area contributed by atoms with E-state index in [4.69, 9.17) is 10.3 Å². The highest BCUT2D eigenvalue weighted by molar-refractivity contribution is 9.10. The van der Waals surface area contributed by atoms with Crippen LogP contribution in [-0.2, 0) is 0 Å². The van der Waals surface area contributed by atoms with Crippen LogP contribution >= 0.6 is 15.9 Å². The van der Waals surface area contributed by atoms with Gasteiger partial charge in [-0.1, -0.05) is 57.0 Å². The summed E-state index contributed by atoms with van der Waals surface area (Å²) in [5.41, 5.74) is 12.0. The molecule has 0 fully saturated rings. The predicted octanol–water partition coefficient (Wildman–Crippen LogP) is 4.97. The smallest absolute Gasteiger partial charge is 0.230 e. The summed E-state index contributed by atoms with van der Waals surface area (Å²) in [7, 11) is 0. The molecule has 0 radical (unpaired) electrons. The Morgan fingerprint density at radius 2 is 1.76 bits per heavy atom. The van der Waals surface area contributed by atoms with Crippen LogP contribution in [0.15, 0.2) is 51.5 Å². The number of nitrogens with two attached hydrogens (primary N) is 1. The van der Waals surface area contributed by atoms with Crippen LogP contribution < -0.4 is 5.73 Å². The van der Waals surface area contributed by atoms with Gasteiger partial charge in [-0.25, -0.2) is 0 Å². The summed E-state index contributed by atoms with van der Waals surface area (Å²) >= 11 is 3.48. The van der Waals surface area contributed by atoms with Crippen molar-refractivity contribution in [3.05, 3.63) is 58.1 Å². The molecule has 0 unspecified atom stereocenters. The summed E-state index contributed by atoms with van der Waals surface area (Å²) in [5, 5.41) is 4.16. The van der Waals surface area contributed by atoms with E-state index in [1.165, 1.54) is 5.56 Å². The molecule has 0 aliphatic heterocycles. The van der Waals surface area contributed by atoms with Crippen LogP contribution in [0.1, 0.15) is 11.1 Å². The second-order valence-electron chi connectivity index (χ2n) is 5.10. The number of hydrogen-bond acceptors (Lipinski definition) is 3. The van der Waals surface area contributed by atoms with E-state index in [1.807, 2.05) is 31.2 Å². The second kappa shape index (κ2) is 5.37. The number of benzene rings is 2. The third kappa shape index (κ3) is 2.59. The lowest BCUT2D eigenvalue weighted by molar-refractivity contribution is 0.439. The van der Waals surface area contributed by atoms with Crippen molar-refractivity contribution in [2.24, 2.45) is 0 Å². The zero-order valence-electron chi connectivity index (χ0n) is 11.9. The van der Waals surface area contributed by atoms with E-state index in [-0.39, 0.29) is 0 Å². The Kier molecular flexibility index (Phi) is 3.55. The van der Waals surface area contributed by atoms with Crippen LogP contribution in [-0.4, -0.2) is 5.16 Å². The normalized spacial score (nSPS) is 10.8. The fourth-order valence-electron chi connectivity index (χ4n) is 2.38. The molecule has 0 aliphatic carbocycles. The van der Waals surface area contributed by atoms with Crippen LogP contribution in [0.3, 0.4) is 0 Å². The Morgan fingerprint density at radius 3 is 2.43 bits per heavy atom. The van der Waals surface area contributed by atoms with Gasteiger partial charge in [0.2, 0.25) is 5.88 Å². The van der Waals surface area contributed by atoms with Gasteiger partial charge in [-0.2, -0.15) is 0 Å². The SMILES string of the molecule is Cc1ccc(-c2c(-c3ccc(Br)cc3C)noc2N)cc1. The van der Waals surface area contributed by atoms with Gasteiger partial charge in [-0.3, -0.25) is 0 Å². The molecule has 0 amide bonds. The number of aromatic nitrogens is 1. The molecule has 0 saturated carbocycles. The molecule has 106 valence electrons. The second-order valence-corrected chi connectivity index (χ2v) is 6.01. The first-order chi connectivity index (χ1) is 10.1. The first-order valence-corrected chi connectivity index (χ1v) is 7.44. The molecule has 2 aromatic carbocycles.